The van der Waals surface area contributed by atoms with Crippen LogP contribution in [0.2, 0.25) is 0 Å². The number of carbonyl (C=O) groups excluding carboxylic acids is 2. The molecule has 0 fully saturated rings. The second kappa shape index (κ2) is 7.25. The highest BCUT2D eigenvalue weighted by Crippen LogP contribution is 2.34. The van der Waals surface area contributed by atoms with E-state index in [0.29, 0.717) is 0 Å². The van der Waals surface area contributed by atoms with Crippen LogP contribution in [0.3, 0.4) is 0 Å². The van der Waals surface area contributed by atoms with Crippen molar-refractivity contribution in [1.82, 2.24) is 0 Å². The summed E-state index contributed by atoms with van der Waals surface area (Å²) in [6, 6.07) is 8.10. The van der Waals surface area contributed by atoms with E-state index in [-0.39, 0.29) is 16.5 Å². The molecule has 2 rings (SSSR count). The van der Waals surface area contributed by atoms with Crippen LogP contribution in [0.5, 0.6) is 11.5 Å². The Morgan fingerprint density at radius 2 is 1.54 bits per heavy atom. The molecule has 1 unspecified atom stereocenters. The molecule has 0 saturated heterocycles. The van der Waals surface area contributed by atoms with E-state index < -0.39 is 37.9 Å². The summed E-state index contributed by atoms with van der Waals surface area (Å²) in [5, 5.41) is -4.91. The van der Waals surface area contributed by atoms with Gasteiger partial charge in [0.15, 0.2) is 10.1 Å². The third-order valence-corrected chi connectivity index (χ3v) is 4.30. The summed E-state index contributed by atoms with van der Waals surface area (Å²) in [4.78, 5) is 22.5. The van der Waals surface area contributed by atoms with E-state index in [1.165, 1.54) is 37.3 Å². The summed E-state index contributed by atoms with van der Waals surface area (Å²) in [5.41, 5.74) is 0. The van der Waals surface area contributed by atoms with Gasteiger partial charge in [0.05, 0.1) is 0 Å². The van der Waals surface area contributed by atoms with Crippen molar-refractivity contribution in [3.8, 4) is 11.5 Å². The molecule has 0 aliphatic heterocycles. The fraction of sp³-hybridized carbons (Fsp3) is 0.200. The maximum Gasteiger partial charge on any atom is 0.429 e. The highest BCUT2D eigenvalue weighted by Gasteiger charge is 2.49. The number of hydrogen-bond donors (Lipinski definition) is 0. The number of carbonyl (C=O) groups is 2. The van der Waals surface area contributed by atoms with E-state index in [1.54, 1.807) is 0 Å². The Kier molecular flexibility index (Phi) is 5.64. The van der Waals surface area contributed by atoms with Crippen LogP contribution in [0.15, 0.2) is 36.4 Å². The summed E-state index contributed by atoms with van der Waals surface area (Å²) in [5.74, 6) is -3.51. The van der Waals surface area contributed by atoms with Crippen molar-refractivity contribution >= 4 is 48.8 Å². The number of rotatable bonds is 5. The topological polar surface area (TPSA) is 110 Å². The first kappa shape index (κ1) is 20.2. The van der Waals surface area contributed by atoms with E-state index in [9.17, 15) is 31.3 Å². The number of esters is 2. The number of ether oxygens (including phenoxy) is 2. The summed E-state index contributed by atoms with van der Waals surface area (Å²) in [6.07, 6.45) is 0. The molecule has 0 bridgehead atoms. The SMILES string of the molecule is CC(Br)C(=O)Oc1cccc2c(OC(=O)C(F)(F)S(=O)(=O)[O-])cccc12. The molecule has 0 radical (unpaired) electrons. The van der Waals surface area contributed by atoms with Crippen LogP contribution in [-0.4, -0.2) is 35.0 Å². The number of halogens is 3. The van der Waals surface area contributed by atoms with Gasteiger partial charge in [0, 0.05) is 10.8 Å². The lowest BCUT2D eigenvalue weighted by Crippen LogP contribution is -2.40. The highest BCUT2D eigenvalue weighted by atomic mass is 79.9. The van der Waals surface area contributed by atoms with E-state index >= 15 is 0 Å². The minimum Gasteiger partial charge on any atom is -0.743 e. The maximum absolute atomic E-state index is 13.3. The average Bonchev–Trinajstić information content (AvgIpc) is 2.54. The smallest absolute Gasteiger partial charge is 0.429 e. The molecule has 2 aromatic rings. The molecule has 0 amide bonds. The van der Waals surface area contributed by atoms with Crippen LogP contribution in [0.4, 0.5) is 8.78 Å². The van der Waals surface area contributed by atoms with E-state index in [2.05, 4.69) is 20.7 Å². The molecule has 1 atom stereocenters. The second-order valence-electron chi connectivity index (χ2n) is 5.00. The molecule has 0 aliphatic carbocycles. The van der Waals surface area contributed by atoms with Crippen molar-refractivity contribution in [2.24, 2.45) is 0 Å². The predicted octanol–water partition coefficient (Wildman–Crippen LogP) is 2.57. The molecule has 7 nitrogen and oxygen atoms in total. The molecule has 0 saturated carbocycles. The molecule has 2 aromatic carbocycles. The summed E-state index contributed by atoms with van der Waals surface area (Å²) < 4.78 is 67.7. The number of benzene rings is 2. The minimum atomic E-state index is -6.24. The lowest BCUT2D eigenvalue weighted by molar-refractivity contribution is -0.151. The lowest BCUT2D eigenvalue weighted by atomic mass is 10.1. The van der Waals surface area contributed by atoms with Crippen LogP contribution >= 0.6 is 15.9 Å². The highest BCUT2D eigenvalue weighted by molar-refractivity contribution is 9.10. The van der Waals surface area contributed by atoms with Gasteiger partial charge in [-0.05, 0) is 19.1 Å². The molecule has 0 heterocycles. The Morgan fingerprint density at radius 3 is 1.96 bits per heavy atom. The van der Waals surface area contributed by atoms with Gasteiger partial charge in [-0.1, -0.05) is 40.2 Å². The predicted molar refractivity (Wildman–Crippen MR) is 88.3 cm³/mol. The minimum absolute atomic E-state index is 0.0694. The second-order valence-corrected chi connectivity index (χ2v) is 7.80. The van der Waals surface area contributed by atoms with Gasteiger partial charge in [-0.3, -0.25) is 4.79 Å². The van der Waals surface area contributed by atoms with Crippen LogP contribution < -0.4 is 9.47 Å². The van der Waals surface area contributed by atoms with Crippen molar-refractivity contribution in [3.63, 3.8) is 0 Å². The van der Waals surface area contributed by atoms with Gasteiger partial charge < -0.3 is 14.0 Å². The molecule has 11 heteroatoms. The summed E-state index contributed by atoms with van der Waals surface area (Å²) in [7, 11) is -6.24. The van der Waals surface area contributed by atoms with Gasteiger partial charge in [-0.25, -0.2) is 13.2 Å². The van der Waals surface area contributed by atoms with Gasteiger partial charge in [0.25, 0.3) is 0 Å². The fourth-order valence-electron chi connectivity index (χ4n) is 1.88. The molecular weight excluding hydrogens is 442 g/mol. The Labute approximate surface area is 154 Å². The average molecular weight is 452 g/mol. The molecule has 26 heavy (non-hydrogen) atoms. The quantitative estimate of drug-likeness (QED) is 0.297. The molecule has 0 aromatic heterocycles. The first-order valence-corrected chi connectivity index (χ1v) is 9.20. The zero-order valence-corrected chi connectivity index (χ0v) is 15.3. The first-order chi connectivity index (χ1) is 11.9. The third kappa shape index (κ3) is 4.00. The van der Waals surface area contributed by atoms with Gasteiger partial charge in [0.2, 0.25) is 0 Å². The van der Waals surface area contributed by atoms with Crippen molar-refractivity contribution in [2.45, 2.75) is 17.0 Å². The molecule has 0 aliphatic rings. The Bertz CT molecular complexity index is 973. The monoisotopic (exact) mass is 451 g/mol. The Hall–Kier alpha value is -2.11. The van der Waals surface area contributed by atoms with E-state index in [1.807, 2.05) is 0 Å². The summed E-state index contributed by atoms with van der Waals surface area (Å²) in [6.45, 7) is 1.53. The number of fused-ring (bicyclic) bond motifs is 1. The van der Waals surface area contributed by atoms with Gasteiger partial charge >= 0.3 is 17.2 Å². The largest absolute Gasteiger partial charge is 0.743 e. The lowest BCUT2D eigenvalue weighted by Gasteiger charge is -2.18. The van der Waals surface area contributed by atoms with Crippen LogP contribution in [0, 0.1) is 0 Å². The van der Waals surface area contributed by atoms with E-state index in [4.69, 9.17) is 4.74 Å². The molecule has 0 N–H and O–H groups in total. The molecular formula is C15H10BrF2O7S-. The number of alkyl halides is 3. The van der Waals surface area contributed by atoms with Gasteiger partial charge in [-0.15, -0.1) is 0 Å². The van der Waals surface area contributed by atoms with E-state index in [0.717, 1.165) is 6.07 Å². The van der Waals surface area contributed by atoms with Crippen molar-refractivity contribution < 1.29 is 40.8 Å². The van der Waals surface area contributed by atoms with Crippen molar-refractivity contribution in [3.05, 3.63) is 36.4 Å². The van der Waals surface area contributed by atoms with Crippen molar-refractivity contribution in [2.75, 3.05) is 0 Å². The van der Waals surface area contributed by atoms with Crippen LogP contribution in [0.25, 0.3) is 10.8 Å². The number of hydrogen-bond acceptors (Lipinski definition) is 7. The van der Waals surface area contributed by atoms with Gasteiger partial charge in [-0.2, -0.15) is 8.78 Å². The standard InChI is InChI=1S/C15H11BrF2O7S/c1-8(16)13(19)24-11-6-2-5-10-9(11)4-3-7-12(10)25-14(20)15(17,18)26(21,22)23/h2-8H,1H3,(H,21,22,23)/p-1. The Morgan fingerprint density at radius 1 is 1.08 bits per heavy atom. The zero-order chi connectivity index (χ0) is 19.7. The molecule has 0 spiro atoms. The summed E-state index contributed by atoms with van der Waals surface area (Å²) >= 11 is 3.04. The fourth-order valence-corrected chi connectivity index (χ4v) is 2.22. The normalized spacial score (nSPS) is 13.3. The first-order valence-electron chi connectivity index (χ1n) is 6.88. The third-order valence-electron chi connectivity index (χ3n) is 3.13. The maximum atomic E-state index is 13.3. The van der Waals surface area contributed by atoms with Crippen LogP contribution in [0.1, 0.15) is 6.92 Å². The van der Waals surface area contributed by atoms with Crippen molar-refractivity contribution in [1.29, 1.82) is 0 Å². The van der Waals surface area contributed by atoms with Crippen LogP contribution in [-0.2, 0) is 19.7 Å². The zero-order valence-electron chi connectivity index (χ0n) is 12.9. The van der Waals surface area contributed by atoms with Gasteiger partial charge in [0.1, 0.15) is 16.3 Å². The Balaban J connectivity index is 2.45. The molecule has 140 valence electrons.